The molecule has 0 aliphatic rings. The van der Waals surface area contributed by atoms with E-state index in [9.17, 15) is 4.39 Å². The zero-order chi connectivity index (χ0) is 14.7. The molecule has 0 spiro atoms. The highest BCUT2D eigenvalue weighted by molar-refractivity contribution is 5.69. The molecule has 2 aromatic carbocycles. The second-order valence-electron chi connectivity index (χ2n) is 4.94. The minimum Gasteiger partial charge on any atom is -0.495 e. The quantitative estimate of drug-likeness (QED) is 0.818. The first-order valence-corrected chi connectivity index (χ1v) is 6.52. The molecule has 0 radical (unpaired) electrons. The van der Waals surface area contributed by atoms with Gasteiger partial charge in [-0.25, -0.2) is 4.39 Å². The average Bonchev–Trinajstić information content (AvgIpc) is 2.42. The summed E-state index contributed by atoms with van der Waals surface area (Å²) in [5, 5.41) is 3.11. The van der Waals surface area contributed by atoms with Crippen LogP contribution in [0.4, 0.5) is 21.5 Å². The van der Waals surface area contributed by atoms with Gasteiger partial charge in [-0.3, -0.25) is 0 Å². The van der Waals surface area contributed by atoms with Crippen molar-refractivity contribution in [1.29, 1.82) is 0 Å². The molecule has 0 atom stereocenters. The lowest BCUT2D eigenvalue weighted by atomic mass is 10.0. The summed E-state index contributed by atoms with van der Waals surface area (Å²) in [7, 11) is 1.51. The smallest absolute Gasteiger partial charge is 0.148 e. The summed E-state index contributed by atoms with van der Waals surface area (Å²) in [4.78, 5) is 0. The van der Waals surface area contributed by atoms with Crippen LogP contribution in [0.1, 0.15) is 25.3 Å². The maximum absolute atomic E-state index is 14.0. The van der Waals surface area contributed by atoms with Crippen molar-refractivity contribution in [2.75, 3.05) is 18.2 Å². The van der Waals surface area contributed by atoms with Gasteiger partial charge < -0.3 is 15.8 Å². The van der Waals surface area contributed by atoms with Crippen molar-refractivity contribution in [2.45, 2.75) is 19.8 Å². The van der Waals surface area contributed by atoms with Crippen LogP contribution in [0.3, 0.4) is 0 Å². The normalized spacial score (nSPS) is 10.7. The van der Waals surface area contributed by atoms with E-state index in [1.165, 1.54) is 13.2 Å². The molecule has 2 rings (SSSR count). The van der Waals surface area contributed by atoms with Gasteiger partial charge in [-0.05, 0) is 17.5 Å². The van der Waals surface area contributed by atoms with Gasteiger partial charge in [0, 0.05) is 17.8 Å². The van der Waals surface area contributed by atoms with Gasteiger partial charge in [-0.2, -0.15) is 0 Å². The summed E-state index contributed by atoms with van der Waals surface area (Å²) in [6.45, 7) is 4.20. The predicted molar refractivity (Wildman–Crippen MR) is 81.2 cm³/mol. The monoisotopic (exact) mass is 274 g/mol. The summed E-state index contributed by atoms with van der Waals surface area (Å²) >= 11 is 0. The van der Waals surface area contributed by atoms with Crippen molar-refractivity contribution >= 4 is 17.1 Å². The van der Waals surface area contributed by atoms with Crippen LogP contribution >= 0.6 is 0 Å². The van der Waals surface area contributed by atoms with E-state index in [0.717, 1.165) is 11.3 Å². The molecule has 0 aromatic heterocycles. The number of ether oxygens (including phenoxy) is 1. The first kappa shape index (κ1) is 14.2. The molecule has 0 bridgehead atoms. The molecule has 0 aliphatic heterocycles. The third kappa shape index (κ3) is 2.85. The fraction of sp³-hybridized carbons (Fsp3) is 0.250. The van der Waals surface area contributed by atoms with Crippen LogP contribution in [0.2, 0.25) is 0 Å². The number of rotatable bonds is 4. The molecule has 0 amide bonds. The largest absolute Gasteiger partial charge is 0.495 e. The number of benzene rings is 2. The summed E-state index contributed by atoms with van der Waals surface area (Å²) in [5.74, 6) is 0.398. The van der Waals surface area contributed by atoms with E-state index in [1.54, 1.807) is 6.07 Å². The average molecular weight is 274 g/mol. The first-order valence-electron chi connectivity index (χ1n) is 6.52. The summed E-state index contributed by atoms with van der Waals surface area (Å²) in [5.41, 5.74) is 8.33. The molecule has 3 nitrogen and oxygen atoms in total. The number of hydrogen-bond acceptors (Lipinski definition) is 3. The summed E-state index contributed by atoms with van der Waals surface area (Å²) in [6.07, 6.45) is 0. The van der Waals surface area contributed by atoms with E-state index in [4.69, 9.17) is 10.5 Å². The van der Waals surface area contributed by atoms with Crippen molar-refractivity contribution in [2.24, 2.45) is 0 Å². The Kier molecular flexibility index (Phi) is 4.13. The Bertz CT molecular complexity index is 611. The number of nitrogen functional groups attached to an aromatic ring is 1. The molecule has 106 valence electrons. The molecule has 0 unspecified atom stereocenters. The van der Waals surface area contributed by atoms with Crippen LogP contribution in [0, 0.1) is 5.82 Å². The van der Waals surface area contributed by atoms with E-state index in [2.05, 4.69) is 19.2 Å². The molecule has 0 aliphatic carbocycles. The third-order valence-corrected chi connectivity index (χ3v) is 3.17. The van der Waals surface area contributed by atoms with Gasteiger partial charge in [-0.15, -0.1) is 0 Å². The zero-order valence-corrected chi connectivity index (χ0v) is 11.9. The third-order valence-electron chi connectivity index (χ3n) is 3.17. The van der Waals surface area contributed by atoms with Crippen LogP contribution in [0.15, 0.2) is 36.4 Å². The Labute approximate surface area is 118 Å². The maximum atomic E-state index is 14.0. The van der Waals surface area contributed by atoms with Gasteiger partial charge in [0.2, 0.25) is 0 Å². The number of anilines is 3. The zero-order valence-electron chi connectivity index (χ0n) is 11.9. The Morgan fingerprint density at radius 2 is 1.85 bits per heavy atom. The first-order chi connectivity index (χ1) is 9.52. The highest BCUT2D eigenvalue weighted by Gasteiger charge is 2.11. The maximum Gasteiger partial charge on any atom is 0.148 e. The van der Waals surface area contributed by atoms with Crippen molar-refractivity contribution in [3.05, 3.63) is 47.8 Å². The summed E-state index contributed by atoms with van der Waals surface area (Å²) < 4.78 is 19.1. The summed E-state index contributed by atoms with van der Waals surface area (Å²) in [6, 6.07) is 10.7. The Morgan fingerprint density at radius 1 is 1.15 bits per heavy atom. The van der Waals surface area contributed by atoms with Gasteiger partial charge in [0.15, 0.2) is 0 Å². The van der Waals surface area contributed by atoms with E-state index >= 15 is 0 Å². The van der Waals surface area contributed by atoms with Crippen molar-refractivity contribution in [3.63, 3.8) is 0 Å². The van der Waals surface area contributed by atoms with Crippen LogP contribution in [0.5, 0.6) is 5.75 Å². The van der Waals surface area contributed by atoms with Crippen LogP contribution in [-0.4, -0.2) is 7.11 Å². The van der Waals surface area contributed by atoms with E-state index in [-0.39, 0.29) is 5.69 Å². The van der Waals surface area contributed by atoms with Crippen LogP contribution in [0.25, 0.3) is 0 Å². The Balaban J connectivity index is 2.40. The highest BCUT2D eigenvalue weighted by atomic mass is 19.1. The molecule has 2 aromatic rings. The molecule has 0 saturated heterocycles. The lowest BCUT2D eigenvalue weighted by molar-refractivity contribution is 0.416. The molecule has 0 saturated carbocycles. The van der Waals surface area contributed by atoms with Crippen molar-refractivity contribution in [1.82, 2.24) is 0 Å². The van der Waals surface area contributed by atoms with Gasteiger partial charge in [0.05, 0.1) is 18.5 Å². The fourth-order valence-corrected chi connectivity index (χ4v) is 2.10. The van der Waals surface area contributed by atoms with E-state index < -0.39 is 5.82 Å². The lowest BCUT2D eigenvalue weighted by Crippen LogP contribution is -2.01. The number of nitrogens with two attached hydrogens (primary N) is 1. The lowest BCUT2D eigenvalue weighted by Gasteiger charge is -2.16. The topological polar surface area (TPSA) is 47.3 Å². The van der Waals surface area contributed by atoms with Gasteiger partial charge in [0.1, 0.15) is 11.6 Å². The Hall–Kier alpha value is -2.23. The number of nitrogens with one attached hydrogen (secondary N) is 1. The SMILES string of the molecule is COc1cc(Nc2ccccc2C(C)C)c(F)cc1N. The van der Waals surface area contributed by atoms with Gasteiger partial charge >= 0.3 is 0 Å². The number of hydrogen-bond donors (Lipinski definition) is 2. The molecule has 20 heavy (non-hydrogen) atoms. The van der Waals surface area contributed by atoms with Gasteiger partial charge in [-0.1, -0.05) is 32.0 Å². The number of methoxy groups -OCH3 is 1. The van der Waals surface area contributed by atoms with E-state index in [0.29, 0.717) is 17.4 Å². The van der Waals surface area contributed by atoms with Crippen LogP contribution < -0.4 is 15.8 Å². The highest BCUT2D eigenvalue weighted by Crippen LogP contribution is 2.32. The van der Waals surface area contributed by atoms with Gasteiger partial charge in [0.25, 0.3) is 0 Å². The van der Waals surface area contributed by atoms with E-state index in [1.807, 2.05) is 24.3 Å². The number of halogens is 1. The Morgan fingerprint density at radius 3 is 2.50 bits per heavy atom. The van der Waals surface area contributed by atoms with Crippen molar-refractivity contribution in [3.8, 4) is 5.75 Å². The van der Waals surface area contributed by atoms with Crippen LogP contribution in [-0.2, 0) is 0 Å². The molecular weight excluding hydrogens is 255 g/mol. The molecule has 4 heteroatoms. The molecule has 3 N–H and O–H groups in total. The molecule has 0 fully saturated rings. The fourth-order valence-electron chi connectivity index (χ4n) is 2.10. The second-order valence-corrected chi connectivity index (χ2v) is 4.94. The molecular formula is C16H19FN2O. The standard InChI is InChI=1S/C16H19FN2O/c1-10(2)11-6-4-5-7-14(11)19-15-9-16(20-3)13(18)8-12(15)17/h4-10,19H,18H2,1-3H3. The predicted octanol–water partition coefficient (Wildman–Crippen LogP) is 4.28. The minimum atomic E-state index is -0.401. The molecule has 0 heterocycles. The second kappa shape index (κ2) is 5.82. The number of para-hydroxylation sites is 1. The minimum absolute atomic E-state index is 0.285. The van der Waals surface area contributed by atoms with Crippen molar-refractivity contribution < 1.29 is 9.13 Å².